The maximum Gasteiger partial charge on any atom is 0.0703 e. The minimum atomic E-state index is 0.00559. The number of rotatable bonds is 1. The molecule has 0 aliphatic heterocycles. The Morgan fingerprint density at radius 3 is 2.50 bits per heavy atom. The fourth-order valence-corrected chi connectivity index (χ4v) is 1.87. The molecule has 1 aromatic carbocycles. The van der Waals surface area contributed by atoms with E-state index < -0.39 is 0 Å². The number of anilines is 1. The quantitative estimate of drug-likeness (QED) is 0.644. The van der Waals surface area contributed by atoms with Crippen molar-refractivity contribution in [3.63, 3.8) is 0 Å². The molecule has 3 nitrogen and oxygen atoms in total. The molecule has 0 fully saturated rings. The second-order valence-electron chi connectivity index (χ2n) is 5.24. The standard InChI is InChI=1S/C13H18N2O/c1-13(2,3)11-6-8-4-10(14)5-9(7-16)12(8)15-11/h4-6,15-16H,7,14H2,1-3H3. The van der Waals surface area contributed by atoms with Crippen LogP contribution < -0.4 is 5.73 Å². The number of aromatic amines is 1. The van der Waals surface area contributed by atoms with Crippen LogP contribution in [0.5, 0.6) is 0 Å². The van der Waals surface area contributed by atoms with Crippen LogP contribution in [0.15, 0.2) is 18.2 Å². The molecular formula is C13H18N2O. The molecule has 16 heavy (non-hydrogen) atoms. The molecule has 4 N–H and O–H groups in total. The van der Waals surface area contributed by atoms with Crippen LogP contribution in [0.25, 0.3) is 10.9 Å². The highest BCUT2D eigenvalue weighted by Crippen LogP contribution is 2.29. The maximum absolute atomic E-state index is 9.30. The van der Waals surface area contributed by atoms with Gasteiger partial charge in [0.15, 0.2) is 0 Å². The van der Waals surface area contributed by atoms with Crippen LogP contribution in [0.3, 0.4) is 0 Å². The van der Waals surface area contributed by atoms with E-state index in [1.54, 1.807) is 0 Å². The minimum absolute atomic E-state index is 0.00559. The first kappa shape index (κ1) is 11.0. The molecule has 3 heteroatoms. The van der Waals surface area contributed by atoms with E-state index in [9.17, 15) is 5.11 Å². The number of nitrogens with one attached hydrogen (secondary N) is 1. The second kappa shape index (κ2) is 3.52. The topological polar surface area (TPSA) is 62.0 Å². The molecule has 0 saturated carbocycles. The first-order valence-electron chi connectivity index (χ1n) is 5.44. The van der Waals surface area contributed by atoms with Crippen LogP contribution in [-0.4, -0.2) is 10.1 Å². The molecule has 2 rings (SSSR count). The Kier molecular flexibility index (Phi) is 2.43. The van der Waals surface area contributed by atoms with E-state index in [4.69, 9.17) is 5.73 Å². The lowest BCUT2D eigenvalue weighted by Gasteiger charge is -2.15. The summed E-state index contributed by atoms with van der Waals surface area (Å²) in [7, 11) is 0. The van der Waals surface area contributed by atoms with Gasteiger partial charge in [0.25, 0.3) is 0 Å². The van der Waals surface area contributed by atoms with Crippen LogP contribution >= 0.6 is 0 Å². The van der Waals surface area contributed by atoms with Gasteiger partial charge in [0, 0.05) is 27.7 Å². The average molecular weight is 218 g/mol. The van der Waals surface area contributed by atoms with E-state index in [0.29, 0.717) is 5.69 Å². The zero-order valence-corrected chi connectivity index (χ0v) is 9.96. The highest BCUT2D eigenvalue weighted by molar-refractivity contribution is 5.87. The van der Waals surface area contributed by atoms with Gasteiger partial charge in [0.05, 0.1) is 12.1 Å². The summed E-state index contributed by atoms with van der Waals surface area (Å²) in [6, 6.07) is 5.84. The van der Waals surface area contributed by atoms with E-state index >= 15 is 0 Å². The van der Waals surface area contributed by atoms with Crippen molar-refractivity contribution in [1.82, 2.24) is 4.98 Å². The number of H-pyrrole nitrogens is 1. The number of fused-ring (bicyclic) bond motifs is 1. The molecule has 0 saturated heterocycles. The number of hydrogen-bond acceptors (Lipinski definition) is 2. The number of aromatic nitrogens is 1. The van der Waals surface area contributed by atoms with Crippen molar-refractivity contribution in [3.05, 3.63) is 29.5 Å². The Labute approximate surface area is 95.3 Å². The molecule has 0 unspecified atom stereocenters. The zero-order chi connectivity index (χ0) is 11.9. The summed E-state index contributed by atoms with van der Waals surface area (Å²) in [5.41, 5.74) is 9.55. The van der Waals surface area contributed by atoms with Gasteiger partial charge < -0.3 is 15.8 Å². The lowest BCUT2D eigenvalue weighted by Crippen LogP contribution is -2.11. The van der Waals surface area contributed by atoms with Crippen molar-refractivity contribution in [1.29, 1.82) is 0 Å². The molecule has 0 amide bonds. The first-order valence-corrected chi connectivity index (χ1v) is 5.44. The molecule has 1 heterocycles. The van der Waals surface area contributed by atoms with Crippen LogP contribution in [-0.2, 0) is 12.0 Å². The number of aliphatic hydroxyl groups is 1. The van der Waals surface area contributed by atoms with Gasteiger partial charge in [-0.15, -0.1) is 0 Å². The van der Waals surface area contributed by atoms with Gasteiger partial charge >= 0.3 is 0 Å². The van der Waals surface area contributed by atoms with Crippen molar-refractivity contribution in [3.8, 4) is 0 Å². The highest BCUT2D eigenvalue weighted by atomic mass is 16.3. The van der Waals surface area contributed by atoms with Crippen LogP contribution in [0, 0.1) is 0 Å². The summed E-state index contributed by atoms with van der Waals surface area (Å²) < 4.78 is 0. The van der Waals surface area contributed by atoms with Gasteiger partial charge in [-0.2, -0.15) is 0 Å². The predicted octanol–water partition coefficient (Wildman–Crippen LogP) is 2.54. The smallest absolute Gasteiger partial charge is 0.0703 e. The average Bonchev–Trinajstić information content (AvgIpc) is 2.59. The van der Waals surface area contributed by atoms with Crippen molar-refractivity contribution in [2.75, 3.05) is 5.73 Å². The Bertz CT molecular complexity index is 520. The molecular weight excluding hydrogens is 200 g/mol. The van der Waals surface area contributed by atoms with E-state index in [0.717, 1.165) is 22.2 Å². The van der Waals surface area contributed by atoms with Gasteiger partial charge in [-0.1, -0.05) is 20.8 Å². The Hall–Kier alpha value is -1.48. The number of nitrogen functional groups attached to an aromatic ring is 1. The Morgan fingerprint density at radius 1 is 1.25 bits per heavy atom. The summed E-state index contributed by atoms with van der Waals surface area (Å²) in [5, 5.41) is 10.4. The van der Waals surface area contributed by atoms with E-state index in [1.165, 1.54) is 0 Å². The van der Waals surface area contributed by atoms with E-state index in [-0.39, 0.29) is 12.0 Å². The molecule has 0 aliphatic carbocycles. The molecule has 0 radical (unpaired) electrons. The van der Waals surface area contributed by atoms with Gasteiger partial charge in [0.2, 0.25) is 0 Å². The largest absolute Gasteiger partial charge is 0.399 e. The molecule has 86 valence electrons. The number of hydrogen-bond donors (Lipinski definition) is 3. The molecule has 2 aromatic rings. The Morgan fingerprint density at radius 2 is 1.94 bits per heavy atom. The zero-order valence-electron chi connectivity index (χ0n) is 9.96. The summed E-state index contributed by atoms with van der Waals surface area (Å²) in [4.78, 5) is 3.37. The molecule has 0 spiro atoms. The fraction of sp³-hybridized carbons (Fsp3) is 0.385. The van der Waals surface area contributed by atoms with Crippen molar-refractivity contribution in [2.45, 2.75) is 32.8 Å². The minimum Gasteiger partial charge on any atom is -0.399 e. The van der Waals surface area contributed by atoms with Gasteiger partial charge in [-0.3, -0.25) is 0 Å². The summed E-state index contributed by atoms with van der Waals surface area (Å²) in [5.74, 6) is 0. The second-order valence-corrected chi connectivity index (χ2v) is 5.24. The van der Waals surface area contributed by atoms with Crippen molar-refractivity contribution in [2.24, 2.45) is 0 Å². The maximum atomic E-state index is 9.30. The van der Waals surface area contributed by atoms with Gasteiger partial charge in [-0.25, -0.2) is 0 Å². The van der Waals surface area contributed by atoms with Crippen LogP contribution in [0.2, 0.25) is 0 Å². The third-order valence-electron chi connectivity index (χ3n) is 2.81. The Balaban J connectivity index is 2.70. The van der Waals surface area contributed by atoms with Gasteiger partial charge in [-0.05, 0) is 18.2 Å². The molecule has 0 aliphatic rings. The number of benzene rings is 1. The predicted molar refractivity (Wildman–Crippen MR) is 67.3 cm³/mol. The van der Waals surface area contributed by atoms with E-state index in [2.05, 4.69) is 31.8 Å². The molecule has 0 bridgehead atoms. The summed E-state index contributed by atoms with van der Waals surface area (Å²) in [6.45, 7) is 6.46. The number of aliphatic hydroxyl groups excluding tert-OH is 1. The first-order chi connectivity index (χ1) is 7.41. The molecule has 1 aromatic heterocycles. The number of nitrogens with two attached hydrogens (primary N) is 1. The normalized spacial score (nSPS) is 12.2. The SMILES string of the molecule is CC(C)(C)c1cc2cc(N)cc(CO)c2[nH]1. The monoisotopic (exact) mass is 218 g/mol. The molecule has 0 atom stereocenters. The van der Waals surface area contributed by atoms with Crippen LogP contribution in [0.1, 0.15) is 32.0 Å². The summed E-state index contributed by atoms with van der Waals surface area (Å²) >= 11 is 0. The van der Waals surface area contributed by atoms with Crippen molar-refractivity contribution >= 4 is 16.6 Å². The van der Waals surface area contributed by atoms with Crippen molar-refractivity contribution < 1.29 is 5.11 Å². The van der Waals surface area contributed by atoms with Crippen LogP contribution in [0.4, 0.5) is 5.69 Å². The summed E-state index contributed by atoms with van der Waals surface area (Å²) in [6.07, 6.45) is 0. The van der Waals surface area contributed by atoms with E-state index in [1.807, 2.05) is 12.1 Å². The third-order valence-corrected chi connectivity index (χ3v) is 2.81. The highest BCUT2D eigenvalue weighted by Gasteiger charge is 2.17. The lowest BCUT2D eigenvalue weighted by atomic mass is 9.92. The van der Waals surface area contributed by atoms with Gasteiger partial charge in [0.1, 0.15) is 0 Å². The lowest BCUT2D eigenvalue weighted by molar-refractivity contribution is 0.283. The fourth-order valence-electron chi connectivity index (χ4n) is 1.87. The third kappa shape index (κ3) is 1.78.